The molecule has 164 valence electrons. The van der Waals surface area contributed by atoms with Crippen molar-refractivity contribution in [1.29, 1.82) is 0 Å². The zero-order valence-corrected chi connectivity index (χ0v) is 17.7. The fraction of sp³-hybridized carbons (Fsp3) is 0.261. The number of hydrogen-bond acceptors (Lipinski definition) is 8. The molecule has 2 aromatic heterocycles. The van der Waals surface area contributed by atoms with Crippen molar-refractivity contribution in [2.45, 2.75) is 6.92 Å². The van der Waals surface area contributed by atoms with Gasteiger partial charge in [0.15, 0.2) is 11.6 Å². The molecule has 0 spiro atoms. The molecule has 0 radical (unpaired) electrons. The zero-order chi connectivity index (χ0) is 22.3. The maximum Gasteiger partial charge on any atom is 0.330 e. The fourth-order valence-electron chi connectivity index (χ4n) is 3.31. The van der Waals surface area contributed by atoms with Crippen molar-refractivity contribution in [3.8, 4) is 17.1 Å². The monoisotopic (exact) mass is 433 g/mol. The van der Waals surface area contributed by atoms with Gasteiger partial charge in [-0.1, -0.05) is 0 Å². The molecular weight excluding hydrogens is 410 g/mol. The predicted octanol–water partition coefficient (Wildman–Crippen LogP) is 2.10. The minimum absolute atomic E-state index is 0.246. The quantitative estimate of drug-likeness (QED) is 0.431. The molecule has 3 heterocycles. The number of benzene rings is 1. The van der Waals surface area contributed by atoms with Crippen LogP contribution in [-0.4, -0.2) is 58.4 Å². The van der Waals surface area contributed by atoms with Gasteiger partial charge >= 0.3 is 5.97 Å². The van der Waals surface area contributed by atoms with Gasteiger partial charge in [-0.2, -0.15) is 0 Å². The Hall–Kier alpha value is -3.85. The minimum Gasteiger partial charge on any atom is -0.463 e. The van der Waals surface area contributed by atoms with Crippen molar-refractivity contribution in [2.24, 2.45) is 0 Å². The van der Waals surface area contributed by atoms with Crippen LogP contribution in [0.1, 0.15) is 12.6 Å². The smallest absolute Gasteiger partial charge is 0.330 e. The maximum absolute atomic E-state index is 13.3. The van der Waals surface area contributed by atoms with E-state index in [2.05, 4.69) is 15.0 Å². The Morgan fingerprint density at radius 2 is 1.88 bits per heavy atom. The Kier molecular flexibility index (Phi) is 6.66. The standard InChI is InChI=1S/C23H23N5O4/c1-2-32-20(29)9-6-18-16-28(23(30)22(26-18)27-12-14-31-15-13-27)19-7-4-17(5-8-19)21-24-10-3-11-25-21/h3-11,16H,2,12-15H2,1H3/b9-6+. The minimum atomic E-state index is -0.466. The van der Waals surface area contributed by atoms with E-state index in [1.165, 1.54) is 10.6 Å². The number of morpholine rings is 1. The summed E-state index contributed by atoms with van der Waals surface area (Å²) in [5.74, 6) is 0.454. The van der Waals surface area contributed by atoms with E-state index in [0.29, 0.717) is 49.3 Å². The second-order valence-corrected chi connectivity index (χ2v) is 6.97. The van der Waals surface area contributed by atoms with Crippen molar-refractivity contribution in [3.05, 3.63) is 71.0 Å². The van der Waals surface area contributed by atoms with Crippen LogP contribution in [0.25, 0.3) is 23.2 Å². The number of carbonyl (C=O) groups excluding carboxylic acids is 1. The number of aromatic nitrogens is 4. The molecule has 0 unspecified atom stereocenters. The Morgan fingerprint density at radius 3 is 2.56 bits per heavy atom. The topological polar surface area (TPSA) is 99.4 Å². The molecule has 0 bridgehead atoms. The highest BCUT2D eigenvalue weighted by Crippen LogP contribution is 2.18. The number of carbonyl (C=O) groups is 1. The Balaban J connectivity index is 1.73. The average Bonchev–Trinajstić information content (AvgIpc) is 2.85. The summed E-state index contributed by atoms with van der Waals surface area (Å²) in [6, 6.07) is 9.14. The van der Waals surface area contributed by atoms with Crippen molar-refractivity contribution < 1.29 is 14.3 Å². The number of ether oxygens (including phenoxy) is 2. The van der Waals surface area contributed by atoms with Gasteiger partial charge < -0.3 is 14.4 Å². The van der Waals surface area contributed by atoms with Crippen LogP contribution in [-0.2, 0) is 14.3 Å². The molecule has 3 aromatic rings. The van der Waals surface area contributed by atoms with Crippen molar-refractivity contribution in [3.63, 3.8) is 0 Å². The third-order valence-electron chi connectivity index (χ3n) is 4.86. The van der Waals surface area contributed by atoms with Crippen molar-refractivity contribution in [2.75, 3.05) is 37.8 Å². The lowest BCUT2D eigenvalue weighted by Crippen LogP contribution is -2.41. The summed E-state index contributed by atoms with van der Waals surface area (Å²) >= 11 is 0. The Morgan fingerprint density at radius 1 is 1.16 bits per heavy atom. The first-order chi connectivity index (χ1) is 15.7. The molecule has 32 heavy (non-hydrogen) atoms. The molecular formula is C23H23N5O4. The van der Waals surface area contributed by atoms with E-state index in [-0.39, 0.29) is 12.2 Å². The van der Waals surface area contributed by atoms with Gasteiger partial charge in [0.1, 0.15) is 0 Å². The summed E-state index contributed by atoms with van der Waals surface area (Å²) in [6.07, 6.45) is 7.82. The molecule has 0 amide bonds. The first kappa shape index (κ1) is 21.4. The fourth-order valence-corrected chi connectivity index (χ4v) is 3.31. The van der Waals surface area contributed by atoms with Crippen molar-refractivity contribution >= 4 is 17.9 Å². The van der Waals surface area contributed by atoms with Crippen LogP contribution in [0.2, 0.25) is 0 Å². The van der Waals surface area contributed by atoms with E-state index in [0.717, 1.165) is 5.56 Å². The van der Waals surface area contributed by atoms with Crippen LogP contribution >= 0.6 is 0 Å². The van der Waals surface area contributed by atoms with Crippen LogP contribution in [0.4, 0.5) is 5.82 Å². The molecule has 9 heteroatoms. The van der Waals surface area contributed by atoms with E-state index in [1.54, 1.807) is 37.7 Å². The highest BCUT2D eigenvalue weighted by atomic mass is 16.5. The molecule has 1 fully saturated rings. The highest BCUT2D eigenvalue weighted by Gasteiger charge is 2.19. The summed E-state index contributed by atoms with van der Waals surface area (Å²) in [4.78, 5) is 40.0. The molecule has 1 saturated heterocycles. The van der Waals surface area contributed by atoms with E-state index < -0.39 is 5.97 Å². The first-order valence-electron chi connectivity index (χ1n) is 10.3. The van der Waals surface area contributed by atoms with Gasteiger partial charge in [0.25, 0.3) is 5.56 Å². The van der Waals surface area contributed by atoms with E-state index >= 15 is 0 Å². The molecule has 0 saturated carbocycles. The highest BCUT2D eigenvalue weighted by molar-refractivity contribution is 5.86. The van der Waals surface area contributed by atoms with Gasteiger partial charge in [-0.25, -0.2) is 19.7 Å². The van der Waals surface area contributed by atoms with E-state index in [1.807, 2.05) is 29.2 Å². The lowest BCUT2D eigenvalue weighted by molar-refractivity contribution is -0.137. The normalized spacial score (nSPS) is 14.0. The summed E-state index contributed by atoms with van der Waals surface area (Å²) in [5, 5.41) is 0. The maximum atomic E-state index is 13.3. The lowest BCUT2D eigenvalue weighted by atomic mass is 10.2. The third kappa shape index (κ3) is 4.89. The molecule has 1 aliphatic heterocycles. The summed E-state index contributed by atoms with van der Waals surface area (Å²) in [7, 11) is 0. The van der Waals surface area contributed by atoms with Crippen LogP contribution in [0.5, 0.6) is 0 Å². The van der Waals surface area contributed by atoms with Crippen LogP contribution in [0, 0.1) is 0 Å². The first-order valence-corrected chi connectivity index (χ1v) is 10.3. The summed E-state index contributed by atoms with van der Waals surface area (Å²) < 4.78 is 11.9. The zero-order valence-electron chi connectivity index (χ0n) is 17.7. The number of nitrogens with zero attached hydrogens (tertiary/aromatic N) is 5. The van der Waals surface area contributed by atoms with Crippen LogP contribution in [0.15, 0.2) is 59.8 Å². The molecule has 1 aromatic carbocycles. The van der Waals surface area contributed by atoms with Gasteiger partial charge in [0, 0.05) is 49.0 Å². The molecule has 0 atom stereocenters. The third-order valence-corrected chi connectivity index (χ3v) is 4.86. The van der Waals surface area contributed by atoms with Gasteiger partial charge in [-0.15, -0.1) is 0 Å². The summed E-state index contributed by atoms with van der Waals surface area (Å²) in [6.45, 7) is 4.21. The van der Waals surface area contributed by atoms with Crippen LogP contribution in [0.3, 0.4) is 0 Å². The number of rotatable bonds is 6. The van der Waals surface area contributed by atoms with Gasteiger partial charge in [0.2, 0.25) is 0 Å². The molecule has 0 N–H and O–H groups in total. The SMILES string of the molecule is CCOC(=O)/C=C/c1cn(-c2ccc(-c3ncccn3)cc2)c(=O)c(N2CCOCC2)n1. The van der Waals surface area contributed by atoms with E-state index in [9.17, 15) is 9.59 Å². The molecule has 0 aliphatic carbocycles. The van der Waals surface area contributed by atoms with Crippen molar-refractivity contribution in [1.82, 2.24) is 19.5 Å². The van der Waals surface area contributed by atoms with E-state index in [4.69, 9.17) is 9.47 Å². The predicted molar refractivity (Wildman–Crippen MR) is 120 cm³/mol. The van der Waals surface area contributed by atoms with Gasteiger partial charge in [0.05, 0.1) is 25.5 Å². The average molecular weight is 433 g/mol. The Bertz CT molecular complexity index is 1150. The van der Waals surface area contributed by atoms with Gasteiger partial charge in [-0.3, -0.25) is 9.36 Å². The van der Waals surface area contributed by atoms with Crippen LogP contribution < -0.4 is 10.5 Å². The largest absolute Gasteiger partial charge is 0.463 e. The number of hydrogen-bond donors (Lipinski definition) is 0. The number of anilines is 1. The summed E-state index contributed by atoms with van der Waals surface area (Å²) in [5.41, 5.74) is 1.73. The number of esters is 1. The second-order valence-electron chi connectivity index (χ2n) is 6.97. The molecule has 4 rings (SSSR count). The Labute approximate surface area is 185 Å². The van der Waals surface area contributed by atoms with Gasteiger partial charge in [-0.05, 0) is 43.3 Å². The molecule has 9 nitrogen and oxygen atoms in total. The lowest BCUT2D eigenvalue weighted by Gasteiger charge is -2.27. The molecule has 1 aliphatic rings. The second kappa shape index (κ2) is 9.97.